The van der Waals surface area contributed by atoms with Crippen LogP contribution in [0.25, 0.3) is 16.9 Å². The number of hydrogen-bond acceptors (Lipinski definition) is 4. The summed E-state index contributed by atoms with van der Waals surface area (Å²) in [5.41, 5.74) is 2.52. The van der Waals surface area contributed by atoms with Gasteiger partial charge < -0.3 is 15.0 Å². The van der Waals surface area contributed by atoms with Crippen molar-refractivity contribution in [1.82, 2.24) is 14.7 Å². The van der Waals surface area contributed by atoms with Crippen molar-refractivity contribution >= 4 is 17.6 Å². The Hall–Kier alpha value is -3.45. The predicted octanol–water partition coefficient (Wildman–Crippen LogP) is 3.61. The van der Waals surface area contributed by atoms with Crippen molar-refractivity contribution in [2.45, 2.75) is 13.8 Å². The standard InChI is InChI=1S/C24H28N4O3/c1-18(2)15-27(24(30)17-31-3)16-23(29)25-22-14-21(19-10-6-4-7-11-19)26-28(22)20-12-8-5-9-13-20/h4-14,18H,15-17H2,1-3H3,(H,25,29). The van der Waals surface area contributed by atoms with Gasteiger partial charge in [-0.05, 0) is 18.1 Å². The Morgan fingerprint density at radius 1 is 1.06 bits per heavy atom. The molecule has 0 spiro atoms. The maximum atomic E-state index is 12.9. The summed E-state index contributed by atoms with van der Waals surface area (Å²) in [4.78, 5) is 26.7. The zero-order valence-corrected chi connectivity index (χ0v) is 18.1. The summed E-state index contributed by atoms with van der Waals surface area (Å²) in [5, 5.41) is 7.62. The molecule has 7 heteroatoms. The number of aromatic nitrogens is 2. The lowest BCUT2D eigenvalue weighted by Crippen LogP contribution is -2.42. The van der Waals surface area contributed by atoms with E-state index in [4.69, 9.17) is 9.84 Å². The van der Waals surface area contributed by atoms with Gasteiger partial charge in [-0.2, -0.15) is 5.10 Å². The molecule has 0 atom stereocenters. The average Bonchev–Trinajstić information content (AvgIpc) is 3.18. The summed E-state index contributed by atoms with van der Waals surface area (Å²) in [7, 11) is 1.47. The van der Waals surface area contributed by atoms with E-state index >= 15 is 0 Å². The maximum absolute atomic E-state index is 12.9. The van der Waals surface area contributed by atoms with Crippen LogP contribution < -0.4 is 5.32 Å². The van der Waals surface area contributed by atoms with Crippen LogP contribution in [0, 0.1) is 5.92 Å². The van der Waals surface area contributed by atoms with Gasteiger partial charge in [-0.1, -0.05) is 62.4 Å². The second-order valence-electron chi connectivity index (χ2n) is 7.68. The molecule has 0 saturated carbocycles. The molecule has 0 unspecified atom stereocenters. The molecule has 1 heterocycles. The fraction of sp³-hybridized carbons (Fsp3) is 0.292. The first kappa shape index (κ1) is 22.2. The molecule has 1 N–H and O–H groups in total. The molecule has 0 bridgehead atoms. The first-order valence-electron chi connectivity index (χ1n) is 10.3. The summed E-state index contributed by atoms with van der Waals surface area (Å²) in [6, 6.07) is 21.2. The molecule has 2 aromatic carbocycles. The Labute approximate surface area is 182 Å². The van der Waals surface area contributed by atoms with Crippen molar-refractivity contribution in [3.63, 3.8) is 0 Å². The highest BCUT2D eigenvalue weighted by atomic mass is 16.5. The number of ether oxygens (including phenoxy) is 1. The van der Waals surface area contributed by atoms with Gasteiger partial charge in [0.2, 0.25) is 11.8 Å². The van der Waals surface area contributed by atoms with Crippen molar-refractivity contribution in [3.05, 3.63) is 66.7 Å². The van der Waals surface area contributed by atoms with Crippen molar-refractivity contribution < 1.29 is 14.3 Å². The number of carbonyl (C=O) groups excluding carboxylic acids is 2. The van der Waals surface area contributed by atoms with Crippen LogP contribution in [0.1, 0.15) is 13.8 Å². The van der Waals surface area contributed by atoms with Crippen LogP contribution in [-0.2, 0) is 14.3 Å². The monoisotopic (exact) mass is 420 g/mol. The maximum Gasteiger partial charge on any atom is 0.249 e. The fourth-order valence-corrected chi connectivity index (χ4v) is 3.25. The molecule has 1 aromatic heterocycles. The zero-order chi connectivity index (χ0) is 22.2. The lowest BCUT2D eigenvalue weighted by Gasteiger charge is -2.23. The highest BCUT2D eigenvalue weighted by Gasteiger charge is 2.20. The molecule has 0 saturated heterocycles. The number of benzene rings is 2. The fourth-order valence-electron chi connectivity index (χ4n) is 3.25. The number of para-hydroxylation sites is 1. The quantitative estimate of drug-likeness (QED) is 0.574. The Bertz CT molecular complexity index is 1000. The molecule has 162 valence electrons. The Balaban J connectivity index is 1.86. The first-order chi connectivity index (χ1) is 15.0. The molecule has 0 aliphatic carbocycles. The van der Waals surface area contributed by atoms with Gasteiger partial charge in [0.1, 0.15) is 12.4 Å². The van der Waals surface area contributed by atoms with Crippen molar-refractivity contribution in [2.24, 2.45) is 5.92 Å². The molecule has 3 rings (SSSR count). The highest BCUT2D eigenvalue weighted by molar-refractivity contribution is 5.94. The zero-order valence-electron chi connectivity index (χ0n) is 18.1. The van der Waals surface area contributed by atoms with Crippen molar-refractivity contribution in [3.8, 4) is 16.9 Å². The van der Waals surface area contributed by atoms with Crippen LogP contribution in [0.3, 0.4) is 0 Å². The van der Waals surface area contributed by atoms with E-state index in [9.17, 15) is 9.59 Å². The molecule has 0 radical (unpaired) electrons. The summed E-state index contributed by atoms with van der Waals surface area (Å²) in [6.45, 7) is 4.37. The normalized spacial score (nSPS) is 10.8. The average molecular weight is 421 g/mol. The van der Waals surface area contributed by atoms with Gasteiger partial charge in [0.05, 0.1) is 17.9 Å². The number of carbonyl (C=O) groups is 2. The number of hydrogen-bond donors (Lipinski definition) is 1. The van der Waals surface area contributed by atoms with Gasteiger partial charge >= 0.3 is 0 Å². The molecule has 7 nitrogen and oxygen atoms in total. The van der Waals surface area contributed by atoms with Gasteiger partial charge in [0.15, 0.2) is 0 Å². The topological polar surface area (TPSA) is 76.5 Å². The third kappa shape index (κ3) is 6.02. The highest BCUT2D eigenvalue weighted by Crippen LogP contribution is 2.24. The molecular weight excluding hydrogens is 392 g/mol. The number of rotatable bonds is 9. The van der Waals surface area contributed by atoms with E-state index < -0.39 is 0 Å². The number of nitrogens with one attached hydrogen (secondary N) is 1. The predicted molar refractivity (Wildman–Crippen MR) is 121 cm³/mol. The van der Waals surface area contributed by atoms with E-state index in [-0.39, 0.29) is 30.9 Å². The third-order valence-corrected chi connectivity index (χ3v) is 4.59. The van der Waals surface area contributed by atoms with Crippen molar-refractivity contribution in [1.29, 1.82) is 0 Å². The van der Waals surface area contributed by atoms with E-state index in [0.717, 1.165) is 16.9 Å². The van der Waals surface area contributed by atoms with E-state index in [1.807, 2.05) is 80.6 Å². The van der Waals surface area contributed by atoms with Crippen LogP contribution in [0.4, 0.5) is 5.82 Å². The summed E-state index contributed by atoms with van der Waals surface area (Å²) in [5.74, 6) is 0.265. The van der Waals surface area contributed by atoms with Gasteiger partial charge in [-0.15, -0.1) is 0 Å². The molecule has 0 fully saturated rings. The van der Waals surface area contributed by atoms with E-state index in [2.05, 4.69) is 5.32 Å². The summed E-state index contributed by atoms with van der Waals surface area (Å²) in [6.07, 6.45) is 0. The third-order valence-electron chi connectivity index (χ3n) is 4.59. The van der Waals surface area contributed by atoms with Crippen LogP contribution in [0.2, 0.25) is 0 Å². The number of methoxy groups -OCH3 is 1. The van der Waals surface area contributed by atoms with E-state index in [1.165, 1.54) is 12.0 Å². The second kappa shape index (κ2) is 10.5. The van der Waals surface area contributed by atoms with Crippen LogP contribution >= 0.6 is 0 Å². The summed E-state index contributed by atoms with van der Waals surface area (Å²) >= 11 is 0. The minimum atomic E-state index is -0.290. The molecule has 0 aliphatic heterocycles. The Morgan fingerprint density at radius 2 is 1.71 bits per heavy atom. The summed E-state index contributed by atoms with van der Waals surface area (Å²) < 4.78 is 6.66. The molecule has 3 aromatic rings. The number of anilines is 1. The Morgan fingerprint density at radius 3 is 2.32 bits per heavy atom. The van der Waals surface area contributed by atoms with Gasteiger partial charge in [0, 0.05) is 25.3 Å². The SMILES string of the molecule is COCC(=O)N(CC(=O)Nc1cc(-c2ccccc2)nn1-c1ccccc1)CC(C)C. The first-order valence-corrected chi connectivity index (χ1v) is 10.3. The van der Waals surface area contributed by atoms with E-state index in [0.29, 0.717) is 12.4 Å². The lowest BCUT2D eigenvalue weighted by atomic mass is 10.1. The largest absolute Gasteiger partial charge is 0.375 e. The lowest BCUT2D eigenvalue weighted by molar-refractivity contribution is -0.138. The molecule has 2 amide bonds. The van der Waals surface area contributed by atoms with Crippen LogP contribution in [-0.4, -0.2) is 53.3 Å². The van der Waals surface area contributed by atoms with Gasteiger partial charge in [-0.3, -0.25) is 9.59 Å². The molecule has 0 aliphatic rings. The second-order valence-corrected chi connectivity index (χ2v) is 7.68. The smallest absolute Gasteiger partial charge is 0.249 e. The van der Waals surface area contributed by atoms with Crippen molar-refractivity contribution in [2.75, 3.05) is 32.1 Å². The van der Waals surface area contributed by atoms with Gasteiger partial charge in [-0.25, -0.2) is 4.68 Å². The van der Waals surface area contributed by atoms with Crippen LogP contribution in [0.15, 0.2) is 66.7 Å². The Kier molecular flexibility index (Phi) is 7.56. The van der Waals surface area contributed by atoms with Crippen LogP contribution in [0.5, 0.6) is 0 Å². The number of nitrogens with zero attached hydrogens (tertiary/aromatic N) is 3. The number of amides is 2. The van der Waals surface area contributed by atoms with Gasteiger partial charge in [0.25, 0.3) is 0 Å². The molecule has 31 heavy (non-hydrogen) atoms. The minimum Gasteiger partial charge on any atom is -0.375 e. The van der Waals surface area contributed by atoms with E-state index in [1.54, 1.807) is 4.68 Å². The minimum absolute atomic E-state index is 0.0546. The molecular formula is C24H28N4O3.